The molecule has 21 heavy (non-hydrogen) atoms. The van der Waals surface area contributed by atoms with E-state index in [9.17, 15) is 4.79 Å². The molecule has 0 fully saturated rings. The first kappa shape index (κ1) is 15.9. The van der Waals surface area contributed by atoms with Crippen LogP contribution in [0.1, 0.15) is 26.0 Å². The molecule has 112 valence electrons. The van der Waals surface area contributed by atoms with Crippen LogP contribution in [0.5, 0.6) is 0 Å². The van der Waals surface area contributed by atoms with E-state index in [-0.39, 0.29) is 20.9 Å². The van der Waals surface area contributed by atoms with Crippen LogP contribution in [0.25, 0.3) is 0 Å². The summed E-state index contributed by atoms with van der Waals surface area (Å²) < 4.78 is 9.91. The third kappa shape index (κ3) is 4.76. The Morgan fingerprint density at radius 2 is 1.95 bits per heavy atom. The van der Waals surface area contributed by atoms with Crippen molar-refractivity contribution in [3.8, 4) is 0 Å². The van der Waals surface area contributed by atoms with Gasteiger partial charge in [0, 0.05) is 0 Å². The van der Waals surface area contributed by atoms with Gasteiger partial charge in [-0.05, 0) is 0 Å². The maximum atomic E-state index is 11.7. The average molecular weight is 350 g/mol. The van der Waals surface area contributed by atoms with Gasteiger partial charge in [0.1, 0.15) is 0 Å². The number of carbonyl (C=O) groups excluding carboxylic acids is 1. The van der Waals surface area contributed by atoms with E-state index in [0.29, 0.717) is 13.0 Å². The number of hydrogen-bond donors (Lipinski definition) is 0. The normalized spacial score (nSPS) is 10.6. The summed E-state index contributed by atoms with van der Waals surface area (Å²) in [6.07, 6.45) is 3.60. The molecule has 0 aliphatic carbocycles. The zero-order valence-corrected chi connectivity index (χ0v) is 14.3. The third-order valence-electron chi connectivity index (χ3n) is 3.04. The predicted octanol–water partition coefficient (Wildman–Crippen LogP) is 1.66. The van der Waals surface area contributed by atoms with Crippen LogP contribution in [-0.4, -0.2) is 32.1 Å². The Morgan fingerprint density at radius 3 is 2.62 bits per heavy atom. The molecule has 3 nitrogen and oxygen atoms in total. The van der Waals surface area contributed by atoms with Gasteiger partial charge in [0.05, 0.1) is 0 Å². The number of benzene rings is 1. The van der Waals surface area contributed by atoms with E-state index < -0.39 is 0 Å². The molecule has 4 heteroatoms. The molecule has 1 heterocycles. The second-order valence-corrected chi connectivity index (χ2v) is 7.16. The first-order chi connectivity index (χ1) is 10.2. The van der Waals surface area contributed by atoms with Crippen molar-refractivity contribution in [2.24, 2.45) is 0 Å². The Hall–Kier alpha value is -1.51. The number of aromatic nitrogens is 1. The van der Waals surface area contributed by atoms with Crippen molar-refractivity contribution in [1.82, 2.24) is 4.57 Å². The van der Waals surface area contributed by atoms with Crippen molar-refractivity contribution in [3.63, 3.8) is 0 Å². The third-order valence-corrected chi connectivity index (χ3v) is 5.06. The minimum absolute atomic E-state index is 0.147. The molecule has 0 radical (unpaired) electrons. The molecule has 0 unspecified atom stereocenters. The number of nitrogens with zero attached hydrogens (tertiary/aromatic N) is 1. The summed E-state index contributed by atoms with van der Waals surface area (Å²) in [4.78, 5) is 11.7. The number of carbonyl (C=O) groups is 1. The fourth-order valence-corrected chi connectivity index (χ4v) is 4.14. The van der Waals surface area contributed by atoms with Gasteiger partial charge >= 0.3 is 132 Å². The second-order valence-electron chi connectivity index (χ2n) is 4.76. The molecule has 0 aliphatic heterocycles. The zero-order valence-electron chi connectivity index (χ0n) is 12.5. The summed E-state index contributed by atoms with van der Waals surface area (Å²) >= 11 is 0.281. The van der Waals surface area contributed by atoms with Crippen LogP contribution in [0, 0.1) is 0 Å². The first-order valence-corrected chi connectivity index (χ1v) is 9.01. The summed E-state index contributed by atoms with van der Waals surface area (Å²) in [6, 6.07) is 12.6. The number of rotatable bonds is 7. The Balaban J connectivity index is 2.14. The average Bonchev–Trinajstić information content (AvgIpc) is 2.82. The van der Waals surface area contributed by atoms with Crippen molar-refractivity contribution in [1.29, 1.82) is 0 Å². The van der Waals surface area contributed by atoms with Gasteiger partial charge in [0.15, 0.2) is 0 Å². The van der Waals surface area contributed by atoms with E-state index in [4.69, 9.17) is 4.74 Å². The first-order valence-electron chi connectivity index (χ1n) is 7.30. The molecule has 0 saturated carbocycles. The number of hydrogen-bond acceptors (Lipinski definition) is 2. The van der Waals surface area contributed by atoms with Crippen LogP contribution in [-0.2, 0) is 22.5 Å². The Labute approximate surface area is 132 Å². The Bertz CT molecular complexity index is 578. The molecule has 2 rings (SSSR count). The summed E-state index contributed by atoms with van der Waals surface area (Å²) in [5, 5.41) is 0. The predicted molar refractivity (Wildman–Crippen MR) is 86.5 cm³/mol. The SMILES string of the molecule is CCCn1cc([Se]c2ccccc2)cc1CC(=O)OCC. The molecular formula is C17H21NO2Se. The second kappa shape index (κ2) is 8.06. The topological polar surface area (TPSA) is 31.2 Å². The molecule has 1 aromatic carbocycles. The van der Waals surface area contributed by atoms with E-state index in [1.165, 1.54) is 8.92 Å². The van der Waals surface area contributed by atoms with Crippen LogP contribution in [0.4, 0.5) is 0 Å². The molecule has 0 atom stereocenters. The monoisotopic (exact) mass is 351 g/mol. The van der Waals surface area contributed by atoms with Gasteiger partial charge in [0.2, 0.25) is 0 Å². The minimum atomic E-state index is -0.147. The molecule has 0 saturated heterocycles. The van der Waals surface area contributed by atoms with Crippen molar-refractivity contribution in [2.45, 2.75) is 33.2 Å². The molecule has 0 aliphatic rings. The van der Waals surface area contributed by atoms with Gasteiger partial charge < -0.3 is 0 Å². The van der Waals surface area contributed by atoms with Gasteiger partial charge in [-0.1, -0.05) is 0 Å². The van der Waals surface area contributed by atoms with Crippen LogP contribution < -0.4 is 8.92 Å². The van der Waals surface area contributed by atoms with Crippen molar-refractivity contribution < 1.29 is 9.53 Å². The van der Waals surface area contributed by atoms with E-state index in [1.807, 2.05) is 13.0 Å². The Morgan fingerprint density at radius 1 is 1.19 bits per heavy atom. The molecule has 0 amide bonds. The van der Waals surface area contributed by atoms with E-state index >= 15 is 0 Å². The fourth-order valence-electron chi connectivity index (χ4n) is 2.16. The summed E-state index contributed by atoms with van der Waals surface area (Å²) in [5.74, 6) is -0.147. The molecular weight excluding hydrogens is 329 g/mol. The fraction of sp³-hybridized carbons (Fsp3) is 0.353. The zero-order chi connectivity index (χ0) is 15.1. The maximum absolute atomic E-state index is 11.7. The standard InChI is InChI=1S/C17H21NO2Se/c1-3-10-18-13-16(21-15-8-6-5-7-9-15)11-14(18)12-17(19)20-4-2/h5-9,11,13H,3-4,10,12H2,1-2H3. The van der Waals surface area contributed by atoms with Crippen molar-refractivity contribution in [2.75, 3.05) is 6.61 Å². The van der Waals surface area contributed by atoms with Gasteiger partial charge in [-0.15, -0.1) is 0 Å². The van der Waals surface area contributed by atoms with Gasteiger partial charge in [-0.2, -0.15) is 0 Å². The van der Waals surface area contributed by atoms with Crippen LogP contribution in [0.15, 0.2) is 42.6 Å². The van der Waals surface area contributed by atoms with Gasteiger partial charge in [-0.25, -0.2) is 0 Å². The Kier molecular flexibility index (Phi) is 6.09. The molecule has 1 aromatic heterocycles. The molecule has 0 bridgehead atoms. The summed E-state index contributed by atoms with van der Waals surface area (Å²) in [5.41, 5.74) is 1.06. The summed E-state index contributed by atoms with van der Waals surface area (Å²) in [7, 11) is 0. The van der Waals surface area contributed by atoms with Crippen LogP contribution in [0.3, 0.4) is 0 Å². The van der Waals surface area contributed by atoms with Crippen molar-refractivity contribution in [3.05, 3.63) is 48.3 Å². The van der Waals surface area contributed by atoms with Crippen LogP contribution in [0.2, 0.25) is 0 Å². The van der Waals surface area contributed by atoms with E-state index in [1.54, 1.807) is 0 Å². The van der Waals surface area contributed by atoms with E-state index in [2.05, 4.69) is 48.0 Å². The number of ether oxygens (including phenoxy) is 1. The molecule has 0 N–H and O–H groups in total. The van der Waals surface area contributed by atoms with Crippen molar-refractivity contribution >= 4 is 29.8 Å². The van der Waals surface area contributed by atoms with Gasteiger partial charge in [0.25, 0.3) is 0 Å². The molecule has 2 aromatic rings. The summed E-state index contributed by atoms with van der Waals surface area (Å²) in [6.45, 7) is 5.37. The number of esters is 1. The molecule has 0 spiro atoms. The van der Waals surface area contributed by atoms with Crippen LogP contribution >= 0.6 is 0 Å². The van der Waals surface area contributed by atoms with Gasteiger partial charge in [-0.3, -0.25) is 0 Å². The van der Waals surface area contributed by atoms with E-state index in [0.717, 1.165) is 18.7 Å². The number of aryl methyl sites for hydroxylation is 1. The quantitative estimate of drug-likeness (QED) is 0.562.